The van der Waals surface area contributed by atoms with E-state index in [1.807, 2.05) is 0 Å². The summed E-state index contributed by atoms with van der Waals surface area (Å²) < 4.78 is 26.4. The number of sulfonamides is 1. The maximum atomic E-state index is 12.3. The monoisotopic (exact) mass is 272 g/mol. The second kappa shape index (κ2) is 4.76. The summed E-state index contributed by atoms with van der Waals surface area (Å²) in [7, 11) is -2.98. The smallest absolute Gasteiger partial charge is 0.217 e. The molecule has 1 atom stereocenters. The SMILES string of the molecule is CC1CN(C2CCC2)CCN(S(=O)(=O)C2CC2)C1. The fourth-order valence-electron chi connectivity index (χ4n) is 3.12. The summed E-state index contributed by atoms with van der Waals surface area (Å²) in [6.07, 6.45) is 5.71. The Bertz CT molecular complexity index is 401. The first-order valence-electron chi connectivity index (χ1n) is 7.30. The summed E-state index contributed by atoms with van der Waals surface area (Å²) in [5.74, 6) is 0.460. The van der Waals surface area contributed by atoms with Crippen LogP contribution in [0.3, 0.4) is 0 Å². The lowest BCUT2D eigenvalue weighted by Gasteiger charge is -2.37. The zero-order chi connectivity index (χ0) is 12.8. The van der Waals surface area contributed by atoms with Gasteiger partial charge in [-0.05, 0) is 31.6 Å². The van der Waals surface area contributed by atoms with Crippen molar-refractivity contribution in [3.05, 3.63) is 0 Å². The summed E-state index contributed by atoms with van der Waals surface area (Å²) in [6, 6.07) is 0.732. The number of hydrogen-bond acceptors (Lipinski definition) is 3. The van der Waals surface area contributed by atoms with E-state index in [0.29, 0.717) is 12.5 Å². The van der Waals surface area contributed by atoms with Gasteiger partial charge in [0.2, 0.25) is 10.0 Å². The van der Waals surface area contributed by atoms with Crippen molar-refractivity contribution in [2.24, 2.45) is 5.92 Å². The van der Waals surface area contributed by atoms with Crippen molar-refractivity contribution in [2.45, 2.75) is 50.3 Å². The van der Waals surface area contributed by atoms with Gasteiger partial charge in [0, 0.05) is 32.2 Å². The molecule has 1 aliphatic heterocycles. The highest BCUT2D eigenvalue weighted by Gasteiger charge is 2.41. The molecule has 0 radical (unpaired) electrons. The third kappa shape index (κ3) is 2.45. The van der Waals surface area contributed by atoms with Crippen molar-refractivity contribution in [1.29, 1.82) is 0 Å². The van der Waals surface area contributed by atoms with Gasteiger partial charge in [-0.2, -0.15) is 0 Å². The molecule has 3 fully saturated rings. The fraction of sp³-hybridized carbons (Fsp3) is 1.00. The summed E-state index contributed by atoms with van der Waals surface area (Å²) >= 11 is 0. The van der Waals surface area contributed by atoms with Crippen LogP contribution in [0.4, 0.5) is 0 Å². The summed E-state index contributed by atoms with van der Waals surface area (Å²) in [5, 5.41) is -0.0556. The largest absolute Gasteiger partial charge is 0.299 e. The minimum Gasteiger partial charge on any atom is -0.299 e. The Morgan fingerprint density at radius 1 is 1.00 bits per heavy atom. The van der Waals surface area contributed by atoms with Gasteiger partial charge in [0.1, 0.15) is 0 Å². The minimum atomic E-state index is -2.98. The molecular weight excluding hydrogens is 248 g/mol. The van der Waals surface area contributed by atoms with Gasteiger partial charge in [-0.15, -0.1) is 0 Å². The van der Waals surface area contributed by atoms with E-state index < -0.39 is 10.0 Å². The first-order valence-corrected chi connectivity index (χ1v) is 8.80. The van der Waals surface area contributed by atoms with Gasteiger partial charge in [0.15, 0.2) is 0 Å². The highest BCUT2D eigenvalue weighted by atomic mass is 32.2. The molecule has 0 bridgehead atoms. The second-order valence-electron chi connectivity index (χ2n) is 6.29. The van der Waals surface area contributed by atoms with Crippen molar-refractivity contribution in [3.8, 4) is 0 Å². The van der Waals surface area contributed by atoms with Gasteiger partial charge < -0.3 is 0 Å². The quantitative estimate of drug-likeness (QED) is 0.777. The van der Waals surface area contributed by atoms with Crippen LogP contribution in [-0.4, -0.2) is 55.1 Å². The van der Waals surface area contributed by atoms with Gasteiger partial charge >= 0.3 is 0 Å². The molecule has 0 N–H and O–H groups in total. The Kier molecular flexibility index (Phi) is 3.41. The summed E-state index contributed by atoms with van der Waals surface area (Å²) in [6.45, 7) is 5.62. The van der Waals surface area contributed by atoms with Gasteiger partial charge in [-0.25, -0.2) is 12.7 Å². The second-order valence-corrected chi connectivity index (χ2v) is 8.50. The molecule has 1 unspecified atom stereocenters. The van der Waals surface area contributed by atoms with Crippen molar-refractivity contribution >= 4 is 10.0 Å². The molecule has 0 aromatic rings. The summed E-state index contributed by atoms with van der Waals surface area (Å²) in [4.78, 5) is 2.52. The average Bonchev–Trinajstić information content (AvgIpc) is 3.01. The van der Waals surface area contributed by atoms with Crippen LogP contribution in [0.1, 0.15) is 39.0 Å². The molecule has 104 valence electrons. The first-order chi connectivity index (χ1) is 8.57. The number of nitrogens with zero attached hydrogens (tertiary/aromatic N) is 2. The van der Waals surface area contributed by atoms with Gasteiger partial charge in [-0.3, -0.25) is 4.90 Å². The molecule has 2 saturated carbocycles. The molecule has 0 spiro atoms. The van der Waals surface area contributed by atoms with E-state index in [2.05, 4.69) is 11.8 Å². The molecule has 3 aliphatic rings. The van der Waals surface area contributed by atoms with E-state index in [-0.39, 0.29) is 5.25 Å². The molecular formula is C13H24N2O2S. The van der Waals surface area contributed by atoms with Crippen LogP contribution in [0.5, 0.6) is 0 Å². The minimum absolute atomic E-state index is 0.0556. The van der Waals surface area contributed by atoms with Crippen LogP contribution in [0.15, 0.2) is 0 Å². The Morgan fingerprint density at radius 3 is 2.28 bits per heavy atom. The molecule has 18 heavy (non-hydrogen) atoms. The van der Waals surface area contributed by atoms with Crippen molar-refractivity contribution in [1.82, 2.24) is 9.21 Å². The van der Waals surface area contributed by atoms with Gasteiger partial charge in [0.25, 0.3) is 0 Å². The highest BCUT2D eigenvalue weighted by Crippen LogP contribution is 2.33. The molecule has 1 saturated heterocycles. The van der Waals surface area contributed by atoms with Crippen molar-refractivity contribution in [3.63, 3.8) is 0 Å². The van der Waals surface area contributed by atoms with E-state index in [9.17, 15) is 8.42 Å². The van der Waals surface area contributed by atoms with Crippen LogP contribution >= 0.6 is 0 Å². The molecule has 3 rings (SSSR count). The molecule has 0 amide bonds. The maximum Gasteiger partial charge on any atom is 0.217 e. The standard InChI is InChI=1S/C13H24N2O2S/c1-11-9-14(12-3-2-4-12)7-8-15(10-11)18(16,17)13-5-6-13/h11-13H,2-10H2,1H3. The molecule has 5 heteroatoms. The molecule has 0 aromatic carbocycles. The van der Waals surface area contributed by atoms with E-state index in [0.717, 1.165) is 38.5 Å². The normalized spacial score (nSPS) is 33.1. The maximum absolute atomic E-state index is 12.3. The number of rotatable bonds is 3. The summed E-state index contributed by atoms with van der Waals surface area (Å²) in [5.41, 5.74) is 0. The third-order valence-electron chi connectivity index (χ3n) is 4.59. The Labute approximate surface area is 110 Å². The van der Waals surface area contributed by atoms with Crippen LogP contribution in [-0.2, 0) is 10.0 Å². The van der Waals surface area contributed by atoms with Gasteiger partial charge in [0.05, 0.1) is 5.25 Å². The van der Waals surface area contributed by atoms with E-state index in [1.54, 1.807) is 4.31 Å². The lowest BCUT2D eigenvalue weighted by molar-refractivity contribution is 0.123. The third-order valence-corrected chi connectivity index (χ3v) is 6.96. The first kappa shape index (κ1) is 12.9. The van der Waals surface area contributed by atoms with E-state index in [1.165, 1.54) is 19.3 Å². The topological polar surface area (TPSA) is 40.6 Å². The molecule has 0 aromatic heterocycles. The van der Waals surface area contributed by atoms with Crippen LogP contribution in [0.2, 0.25) is 0 Å². The molecule has 2 aliphatic carbocycles. The number of hydrogen-bond donors (Lipinski definition) is 0. The Hall–Kier alpha value is -0.130. The molecule has 4 nitrogen and oxygen atoms in total. The predicted octanol–water partition coefficient (Wildman–Crippen LogP) is 1.28. The van der Waals surface area contributed by atoms with Crippen LogP contribution < -0.4 is 0 Å². The average molecular weight is 272 g/mol. The Morgan fingerprint density at radius 2 is 1.72 bits per heavy atom. The zero-order valence-corrected chi connectivity index (χ0v) is 12.0. The Balaban J connectivity index is 1.67. The molecule has 1 heterocycles. The van der Waals surface area contributed by atoms with Gasteiger partial charge in [-0.1, -0.05) is 13.3 Å². The van der Waals surface area contributed by atoms with E-state index in [4.69, 9.17) is 0 Å². The van der Waals surface area contributed by atoms with Crippen molar-refractivity contribution in [2.75, 3.05) is 26.2 Å². The van der Waals surface area contributed by atoms with Crippen LogP contribution in [0, 0.1) is 5.92 Å². The highest BCUT2D eigenvalue weighted by molar-refractivity contribution is 7.90. The fourth-order valence-corrected chi connectivity index (χ4v) is 5.07. The van der Waals surface area contributed by atoms with E-state index >= 15 is 0 Å². The lowest BCUT2D eigenvalue weighted by atomic mass is 9.91. The van der Waals surface area contributed by atoms with Crippen LogP contribution in [0.25, 0.3) is 0 Å². The predicted molar refractivity (Wildman–Crippen MR) is 71.9 cm³/mol. The lowest BCUT2D eigenvalue weighted by Crippen LogP contribution is -2.43. The zero-order valence-electron chi connectivity index (χ0n) is 11.2. The van der Waals surface area contributed by atoms with Crippen molar-refractivity contribution < 1.29 is 8.42 Å².